The zero-order chi connectivity index (χ0) is 8.04. The molecule has 0 aliphatic heterocycles. The number of aliphatic hydroxyl groups is 2. The van der Waals surface area contributed by atoms with E-state index in [0.29, 0.717) is 0 Å². The molecule has 0 unspecified atom stereocenters. The Balaban J connectivity index is 3.65. The van der Waals surface area contributed by atoms with E-state index in [1.54, 1.807) is 0 Å². The van der Waals surface area contributed by atoms with Crippen molar-refractivity contribution >= 4 is 10.1 Å². The third kappa shape index (κ3) is 4.68. The Hall–Kier alpha value is -0.170. The van der Waals surface area contributed by atoms with Crippen LogP contribution in [0.4, 0.5) is 0 Å². The van der Waals surface area contributed by atoms with Crippen molar-refractivity contribution in [1.82, 2.24) is 0 Å². The second kappa shape index (κ2) is 4.62. The molecule has 0 saturated heterocycles. The van der Waals surface area contributed by atoms with Crippen molar-refractivity contribution in [1.29, 1.82) is 0 Å². The topological polar surface area (TPSA) is 83.8 Å². The van der Waals surface area contributed by atoms with Gasteiger partial charge in [-0.3, -0.25) is 4.18 Å². The zero-order valence-corrected chi connectivity index (χ0v) is 6.17. The van der Waals surface area contributed by atoms with E-state index in [1.165, 1.54) is 0 Å². The predicted octanol–water partition coefficient (Wildman–Crippen LogP) is -1.68. The Labute approximate surface area is 59.4 Å². The molecule has 0 aromatic rings. The summed E-state index contributed by atoms with van der Waals surface area (Å²) >= 11 is 0. The normalized spacial score (nSPS) is 11.8. The maximum absolute atomic E-state index is 10.5. The highest BCUT2D eigenvalue weighted by molar-refractivity contribution is 7.86. The average Bonchev–Trinajstić information content (AvgIpc) is 1.84. The lowest BCUT2D eigenvalue weighted by molar-refractivity contribution is 0.203. The SMILES string of the molecule is O=S(=O)(CCO)OCCO. The van der Waals surface area contributed by atoms with Crippen molar-refractivity contribution in [3.05, 3.63) is 0 Å². The van der Waals surface area contributed by atoms with E-state index in [2.05, 4.69) is 4.18 Å². The fourth-order valence-electron chi connectivity index (χ4n) is 0.335. The van der Waals surface area contributed by atoms with Gasteiger partial charge in [0, 0.05) is 0 Å². The summed E-state index contributed by atoms with van der Waals surface area (Å²) in [6.45, 7) is -1.05. The molecule has 0 atom stereocenters. The molecule has 0 spiro atoms. The fourth-order valence-corrected chi connectivity index (χ4v) is 1.00. The largest absolute Gasteiger partial charge is 0.395 e. The summed E-state index contributed by atoms with van der Waals surface area (Å²) in [6, 6.07) is 0. The highest BCUT2D eigenvalue weighted by Gasteiger charge is 2.08. The van der Waals surface area contributed by atoms with E-state index >= 15 is 0 Å². The second-order valence-corrected chi connectivity index (χ2v) is 3.29. The highest BCUT2D eigenvalue weighted by Crippen LogP contribution is 1.90. The van der Waals surface area contributed by atoms with Crippen LogP contribution in [-0.4, -0.2) is 44.2 Å². The van der Waals surface area contributed by atoms with Crippen LogP contribution in [0.15, 0.2) is 0 Å². The summed E-state index contributed by atoms with van der Waals surface area (Å²) in [4.78, 5) is 0. The summed E-state index contributed by atoms with van der Waals surface area (Å²) in [5.74, 6) is -0.424. The van der Waals surface area contributed by atoms with Crippen molar-refractivity contribution in [2.75, 3.05) is 25.6 Å². The van der Waals surface area contributed by atoms with E-state index in [4.69, 9.17) is 10.2 Å². The van der Waals surface area contributed by atoms with E-state index in [9.17, 15) is 8.42 Å². The van der Waals surface area contributed by atoms with E-state index < -0.39 is 22.5 Å². The molecule has 0 rings (SSSR count). The average molecular weight is 170 g/mol. The molecule has 0 heterocycles. The molecule has 5 nitrogen and oxygen atoms in total. The quantitative estimate of drug-likeness (QED) is 0.481. The van der Waals surface area contributed by atoms with Crippen LogP contribution in [0.25, 0.3) is 0 Å². The van der Waals surface area contributed by atoms with Gasteiger partial charge in [0.15, 0.2) is 0 Å². The molecule has 10 heavy (non-hydrogen) atoms. The smallest absolute Gasteiger partial charge is 0.269 e. The summed E-state index contributed by atoms with van der Waals surface area (Å²) in [5, 5.41) is 16.3. The van der Waals surface area contributed by atoms with Gasteiger partial charge >= 0.3 is 0 Å². The molecule has 2 N–H and O–H groups in total. The number of hydrogen-bond acceptors (Lipinski definition) is 5. The van der Waals surface area contributed by atoms with E-state index in [1.807, 2.05) is 0 Å². The van der Waals surface area contributed by atoms with Crippen LogP contribution in [0.1, 0.15) is 0 Å². The number of hydrogen-bond donors (Lipinski definition) is 2. The van der Waals surface area contributed by atoms with Gasteiger partial charge in [-0.1, -0.05) is 0 Å². The Morgan fingerprint density at radius 1 is 1.20 bits per heavy atom. The minimum Gasteiger partial charge on any atom is -0.395 e. The molecule has 0 saturated carbocycles. The molecule has 0 aromatic carbocycles. The Bertz CT molecular complexity index is 160. The van der Waals surface area contributed by atoms with Gasteiger partial charge in [0.2, 0.25) is 0 Å². The molecular weight excluding hydrogens is 160 g/mol. The molecule has 0 fully saturated rings. The molecule has 0 aliphatic carbocycles. The first-order valence-electron chi connectivity index (χ1n) is 2.71. The molecule has 6 heteroatoms. The van der Waals surface area contributed by atoms with Gasteiger partial charge in [-0.2, -0.15) is 8.42 Å². The molecule has 0 radical (unpaired) electrons. The van der Waals surface area contributed by atoms with Crippen LogP contribution in [0.3, 0.4) is 0 Å². The lowest BCUT2D eigenvalue weighted by atomic mass is 10.8. The van der Waals surface area contributed by atoms with Crippen molar-refractivity contribution < 1.29 is 22.8 Å². The fraction of sp³-hybridized carbons (Fsp3) is 1.00. The van der Waals surface area contributed by atoms with Crippen LogP contribution in [-0.2, 0) is 14.3 Å². The van der Waals surface area contributed by atoms with Gasteiger partial charge in [-0.25, -0.2) is 0 Å². The number of rotatable bonds is 5. The summed E-state index contributed by atoms with van der Waals surface area (Å²) < 4.78 is 25.2. The minimum atomic E-state index is -3.60. The van der Waals surface area contributed by atoms with Gasteiger partial charge in [-0.05, 0) is 0 Å². The van der Waals surface area contributed by atoms with Crippen molar-refractivity contribution in [2.45, 2.75) is 0 Å². The minimum absolute atomic E-state index is 0.248. The number of aliphatic hydroxyl groups excluding tert-OH is 2. The van der Waals surface area contributed by atoms with Crippen LogP contribution >= 0.6 is 0 Å². The lowest BCUT2D eigenvalue weighted by Gasteiger charge is -1.99. The van der Waals surface area contributed by atoms with E-state index in [0.717, 1.165) is 0 Å². The van der Waals surface area contributed by atoms with Gasteiger partial charge in [0.05, 0.1) is 25.6 Å². The van der Waals surface area contributed by atoms with Crippen molar-refractivity contribution in [3.63, 3.8) is 0 Å². The van der Waals surface area contributed by atoms with E-state index in [-0.39, 0.29) is 13.2 Å². The Morgan fingerprint density at radius 3 is 2.20 bits per heavy atom. The molecule has 0 amide bonds. The van der Waals surface area contributed by atoms with Gasteiger partial charge < -0.3 is 10.2 Å². The molecular formula is C4H10O5S. The maximum Gasteiger partial charge on any atom is 0.269 e. The molecule has 62 valence electrons. The monoisotopic (exact) mass is 170 g/mol. The third-order valence-electron chi connectivity index (χ3n) is 0.695. The first-order valence-corrected chi connectivity index (χ1v) is 4.29. The van der Waals surface area contributed by atoms with Crippen LogP contribution in [0.2, 0.25) is 0 Å². The molecule has 0 aromatic heterocycles. The summed E-state index contributed by atoms with van der Waals surface area (Å²) in [5.41, 5.74) is 0. The summed E-state index contributed by atoms with van der Waals surface area (Å²) in [6.07, 6.45) is 0. The standard InChI is InChI=1S/C4H10O5S/c5-1-3-9-10(7,8)4-2-6/h5-6H,1-4H2. The van der Waals surface area contributed by atoms with Crippen LogP contribution in [0, 0.1) is 0 Å². The van der Waals surface area contributed by atoms with Gasteiger partial charge in [0.1, 0.15) is 0 Å². The van der Waals surface area contributed by atoms with Crippen molar-refractivity contribution in [2.24, 2.45) is 0 Å². The highest BCUT2D eigenvalue weighted by atomic mass is 32.2. The third-order valence-corrected chi connectivity index (χ3v) is 1.90. The van der Waals surface area contributed by atoms with Crippen molar-refractivity contribution in [3.8, 4) is 0 Å². The Morgan fingerprint density at radius 2 is 1.80 bits per heavy atom. The maximum atomic E-state index is 10.5. The summed E-state index contributed by atoms with van der Waals surface area (Å²) in [7, 11) is -3.60. The first-order chi connectivity index (χ1) is 4.62. The predicted molar refractivity (Wildman–Crippen MR) is 33.9 cm³/mol. The molecule has 0 bridgehead atoms. The zero-order valence-electron chi connectivity index (χ0n) is 5.36. The first kappa shape index (κ1) is 9.83. The Kier molecular flexibility index (Phi) is 4.54. The van der Waals surface area contributed by atoms with Gasteiger partial charge in [0.25, 0.3) is 10.1 Å². The lowest BCUT2D eigenvalue weighted by Crippen LogP contribution is -2.15. The van der Waals surface area contributed by atoms with Gasteiger partial charge in [-0.15, -0.1) is 0 Å². The van der Waals surface area contributed by atoms with Crippen LogP contribution < -0.4 is 0 Å². The molecule has 0 aliphatic rings. The van der Waals surface area contributed by atoms with Crippen LogP contribution in [0.5, 0.6) is 0 Å². The second-order valence-electron chi connectivity index (χ2n) is 1.53.